The molecular weight excluding hydrogens is 310 g/mol. The second-order valence-electron chi connectivity index (χ2n) is 7.01. The SMILES string of the molecule is CC(C)(C)OC(=O)N1CC[C@H](NCc2cccnc2)[C@@H](C(=O)O)C1. The number of nitrogens with zero attached hydrogens (tertiary/aromatic N) is 2. The molecule has 1 fully saturated rings. The van der Waals surface area contributed by atoms with E-state index in [1.54, 1.807) is 33.2 Å². The molecule has 0 spiro atoms. The van der Waals surface area contributed by atoms with Crippen LogP contribution in [0, 0.1) is 5.92 Å². The predicted octanol–water partition coefficient (Wildman–Crippen LogP) is 1.88. The number of carboxylic acids is 1. The maximum atomic E-state index is 12.2. The minimum atomic E-state index is -0.910. The lowest BCUT2D eigenvalue weighted by atomic mass is 9.92. The average Bonchev–Trinajstić information content (AvgIpc) is 2.52. The highest BCUT2D eigenvalue weighted by atomic mass is 16.6. The van der Waals surface area contributed by atoms with Gasteiger partial charge in [0.1, 0.15) is 5.60 Å². The zero-order valence-electron chi connectivity index (χ0n) is 14.4. The molecule has 7 nitrogen and oxygen atoms in total. The molecule has 0 unspecified atom stereocenters. The Kier molecular flexibility index (Phi) is 5.77. The zero-order chi connectivity index (χ0) is 17.7. The van der Waals surface area contributed by atoms with Crippen LogP contribution in [0.4, 0.5) is 4.79 Å². The Morgan fingerprint density at radius 1 is 1.46 bits per heavy atom. The molecule has 0 aromatic carbocycles. The minimum absolute atomic E-state index is 0.148. The molecular formula is C17H25N3O4. The van der Waals surface area contributed by atoms with Crippen LogP contribution in [0.3, 0.4) is 0 Å². The number of amides is 1. The molecule has 1 aromatic rings. The highest BCUT2D eigenvalue weighted by Crippen LogP contribution is 2.21. The number of pyridine rings is 1. The fraction of sp³-hybridized carbons (Fsp3) is 0.588. The third-order valence-corrected chi connectivity index (χ3v) is 3.87. The Bertz CT molecular complexity index is 571. The third kappa shape index (κ3) is 5.19. The van der Waals surface area contributed by atoms with Gasteiger partial charge in [0.15, 0.2) is 0 Å². The molecule has 0 radical (unpaired) electrons. The molecule has 0 saturated carbocycles. The number of aliphatic carboxylic acids is 1. The van der Waals surface area contributed by atoms with E-state index in [1.165, 1.54) is 4.90 Å². The van der Waals surface area contributed by atoms with E-state index in [1.807, 2.05) is 12.1 Å². The van der Waals surface area contributed by atoms with Crippen molar-refractivity contribution in [1.29, 1.82) is 0 Å². The number of carbonyl (C=O) groups excluding carboxylic acids is 1. The van der Waals surface area contributed by atoms with Crippen molar-refractivity contribution in [3.8, 4) is 0 Å². The smallest absolute Gasteiger partial charge is 0.410 e. The summed E-state index contributed by atoms with van der Waals surface area (Å²) in [6.07, 6.45) is 3.55. The first kappa shape index (κ1) is 18.2. The van der Waals surface area contributed by atoms with Crippen molar-refractivity contribution in [2.75, 3.05) is 13.1 Å². The molecule has 2 heterocycles. The zero-order valence-corrected chi connectivity index (χ0v) is 14.4. The number of nitrogens with one attached hydrogen (secondary N) is 1. The van der Waals surface area contributed by atoms with Gasteiger partial charge in [-0.15, -0.1) is 0 Å². The summed E-state index contributed by atoms with van der Waals surface area (Å²) < 4.78 is 5.34. The fourth-order valence-corrected chi connectivity index (χ4v) is 2.69. The Morgan fingerprint density at radius 3 is 2.79 bits per heavy atom. The molecule has 1 amide bonds. The maximum Gasteiger partial charge on any atom is 0.410 e. The van der Waals surface area contributed by atoms with Crippen LogP contribution in [0.15, 0.2) is 24.5 Å². The topological polar surface area (TPSA) is 91.8 Å². The van der Waals surface area contributed by atoms with Crippen LogP contribution in [0.2, 0.25) is 0 Å². The van der Waals surface area contributed by atoms with E-state index in [-0.39, 0.29) is 12.6 Å². The maximum absolute atomic E-state index is 12.2. The Morgan fingerprint density at radius 2 is 2.21 bits per heavy atom. The molecule has 2 atom stereocenters. The van der Waals surface area contributed by atoms with E-state index in [4.69, 9.17) is 4.74 Å². The number of carboxylic acid groups (broad SMARTS) is 1. The van der Waals surface area contributed by atoms with E-state index >= 15 is 0 Å². The van der Waals surface area contributed by atoms with Crippen LogP contribution in [-0.2, 0) is 16.1 Å². The number of hydrogen-bond acceptors (Lipinski definition) is 5. The Balaban J connectivity index is 1.95. The number of rotatable bonds is 4. The summed E-state index contributed by atoms with van der Waals surface area (Å²) in [4.78, 5) is 29.3. The third-order valence-electron chi connectivity index (χ3n) is 3.87. The van der Waals surface area contributed by atoms with Crippen molar-refractivity contribution < 1.29 is 19.4 Å². The molecule has 0 aliphatic carbocycles. The van der Waals surface area contributed by atoms with Crippen LogP contribution in [0.5, 0.6) is 0 Å². The van der Waals surface area contributed by atoms with E-state index in [0.717, 1.165) is 5.56 Å². The summed E-state index contributed by atoms with van der Waals surface area (Å²) in [5.74, 6) is -1.57. The highest BCUT2D eigenvalue weighted by Gasteiger charge is 2.37. The van der Waals surface area contributed by atoms with Crippen molar-refractivity contribution in [1.82, 2.24) is 15.2 Å². The first-order valence-corrected chi connectivity index (χ1v) is 8.09. The number of hydrogen-bond donors (Lipinski definition) is 2. The van der Waals surface area contributed by atoms with Crippen LogP contribution < -0.4 is 5.32 Å². The average molecular weight is 335 g/mol. The number of aromatic nitrogens is 1. The van der Waals surface area contributed by atoms with Gasteiger partial charge in [0.25, 0.3) is 0 Å². The van der Waals surface area contributed by atoms with Gasteiger partial charge in [-0.25, -0.2) is 4.79 Å². The lowest BCUT2D eigenvalue weighted by Gasteiger charge is -2.37. The highest BCUT2D eigenvalue weighted by molar-refractivity contribution is 5.74. The largest absolute Gasteiger partial charge is 0.481 e. The van der Waals surface area contributed by atoms with Crippen LogP contribution >= 0.6 is 0 Å². The van der Waals surface area contributed by atoms with Gasteiger partial charge in [0.2, 0.25) is 0 Å². The fourth-order valence-electron chi connectivity index (χ4n) is 2.69. The summed E-state index contributed by atoms with van der Waals surface area (Å²) >= 11 is 0. The van der Waals surface area contributed by atoms with Crippen molar-refractivity contribution >= 4 is 12.1 Å². The Hall–Kier alpha value is -2.15. The molecule has 1 aliphatic rings. The van der Waals surface area contributed by atoms with Crippen molar-refractivity contribution in [2.45, 2.75) is 45.4 Å². The molecule has 0 bridgehead atoms. The van der Waals surface area contributed by atoms with Gasteiger partial charge in [-0.1, -0.05) is 6.07 Å². The molecule has 2 rings (SSSR count). The van der Waals surface area contributed by atoms with Crippen molar-refractivity contribution in [3.05, 3.63) is 30.1 Å². The van der Waals surface area contributed by atoms with Gasteiger partial charge in [-0.3, -0.25) is 9.78 Å². The second-order valence-corrected chi connectivity index (χ2v) is 7.01. The van der Waals surface area contributed by atoms with Gasteiger partial charge in [-0.2, -0.15) is 0 Å². The molecule has 1 aliphatic heterocycles. The lowest BCUT2D eigenvalue weighted by Crippen LogP contribution is -2.54. The van der Waals surface area contributed by atoms with E-state index in [0.29, 0.717) is 19.5 Å². The number of carbonyl (C=O) groups is 2. The van der Waals surface area contributed by atoms with E-state index in [2.05, 4.69) is 10.3 Å². The van der Waals surface area contributed by atoms with Crippen LogP contribution in [0.1, 0.15) is 32.8 Å². The van der Waals surface area contributed by atoms with Crippen molar-refractivity contribution in [2.24, 2.45) is 5.92 Å². The first-order chi connectivity index (χ1) is 11.3. The van der Waals surface area contributed by atoms with Gasteiger partial charge >= 0.3 is 12.1 Å². The monoisotopic (exact) mass is 335 g/mol. The van der Waals surface area contributed by atoms with Gasteiger partial charge in [-0.05, 0) is 38.8 Å². The normalized spacial score (nSPS) is 21.4. The molecule has 24 heavy (non-hydrogen) atoms. The van der Waals surface area contributed by atoms with E-state index in [9.17, 15) is 14.7 Å². The molecule has 7 heteroatoms. The first-order valence-electron chi connectivity index (χ1n) is 8.09. The van der Waals surface area contributed by atoms with Gasteiger partial charge in [0.05, 0.1) is 5.92 Å². The predicted molar refractivity (Wildman–Crippen MR) is 88.4 cm³/mol. The van der Waals surface area contributed by atoms with E-state index < -0.39 is 23.6 Å². The van der Waals surface area contributed by atoms with Gasteiger partial charge in [0, 0.05) is 38.1 Å². The quantitative estimate of drug-likeness (QED) is 0.873. The summed E-state index contributed by atoms with van der Waals surface area (Å²) in [7, 11) is 0. The summed E-state index contributed by atoms with van der Waals surface area (Å²) in [5, 5.41) is 12.8. The second kappa shape index (κ2) is 7.61. The number of piperidine rings is 1. The lowest BCUT2D eigenvalue weighted by molar-refractivity contribution is -0.144. The molecule has 132 valence electrons. The standard InChI is InChI=1S/C17H25N3O4/c1-17(2,3)24-16(23)20-8-6-14(13(11-20)15(21)22)19-10-12-5-4-7-18-9-12/h4-5,7,9,13-14,19H,6,8,10-11H2,1-3H3,(H,21,22)/t13-,14-/m0/s1. The molecule has 1 aromatic heterocycles. The number of likely N-dealkylation sites (tertiary alicyclic amines) is 1. The molecule has 1 saturated heterocycles. The number of ether oxygens (including phenoxy) is 1. The summed E-state index contributed by atoms with van der Waals surface area (Å²) in [5.41, 5.74) is 0.404. The van der Waals surface area contributed by atoms with Crippen molar-refractivity contribution in [3.63, 3.8) is 0 Å². The van der Waals surface area contributed by atoms with Crippen LogP contribution in [-0.4, -0.2) is 51.8 Å². The van der Waals surface area contributed by atoms with Crippen LogP contribution in [0.25, 0.3) is 0 Å². The summed E-state index contributed by atoms with van der Waals surface area (Å²) in [6, 6.07) is 3.59. The minimum Gasteiger partial charge on any atom is -0.481 e. The molecule has 2 N–H and O–H groups in total. The summed E-state index contributed by atoms with van der Waals surface area (Å²) in [6.45, 7) is 6.55. The van der Waals surface area contributed by atoms with Gasteiger partial charge < -0.3 is 20.1 Å². The Labute approximate surface area is 142 Å².